The average Bonchev–Trinajstić information content (AvgIpc) is 1.65. The second kappa shape index (κ2) is 34.3. The molecule has 0 aromatic heterocycles. The number of hydrogen-bond donors (Lipinski definition) is 6. The molecule has 4 aliphatic heterocycles. The van der Waals surface area contributed by atoms with Crippen molar-refractivity contribution in [1.29, 1.82) is 10.5 Å². The predicted octanol–water partition coefficient (Wildman–Crippen LogP) is 5.25. The van der Waals surface area contributed by atoms with Gasteiger partial charge in [-0.2, -0.15) is 10.5 Å². The van der Waals surface area contributed by atoms with Crippen LogP contribution in [0.4, 0.5) is 9.59 Å². The molecule has 4 aromatic carbocycles. The predicted molar refractivity (Wildman–Crippen MR) is 358 cm³/mol. The van der Waals surface area contributed by atoms with Gasteiger partial charge in [0.2, 0.25) is 10.0 Å². The Morgan fingerprint density at radius 2 is 1.05 bits per heavy atom. The van der Waals surface area contributed by atoms with E-state index in [1.54, 1.807) is 36.4 Å². The number of nitriles is 2. The number of sulfonamides is 1. The number of likely N-dealkylation sites (N-methyl/N-ethyl adjacent to an activating group) is 2. The fraction of sp³-hybridized carbons (Fsp3) is 0.576. The number of fused-ring (bicyclic) bond motifs is 2. The van der Waals surface area contributed by atoms with Gasteiger partial charge in [-0.15, -0.1) is 0 Å². The Morgan fingerprint density at radius 1 is 0.591 bits per heavy atom. The number of ether oxygens (including phenoxy) is 4. The van der Waals surface area contributed by atoms with Crippen molar-refractivity contribution in [1.82, 2.24) is 60.1 Å². The number of carbonyl (C=O) groups excluding carboxylic acids is 2. The molecule has 4 amide bonds. The van der Waals surface area contributed by atoms with E-state index in [2.05, 4.69) is 86.3 Å². The highest BCUT2D eigenvalue weighted by Gasteiger charge is 2.42. The van der Waals surface area contributed by atoms with E-state index in [0.717, 1.165) is 126 Å². The highest BCUT2D eigenvalue weighted by molar-refractivity contribution is 7.89. The Labute approximate surface area is 560 Å². The van der Waals surface area contributed by atoms with Crippen molar-refractivity contribution in [3.8, 4) is 23.6 Å². The SMILES string of the molecule is CN1CCCN([C@H]2Cc3c(C#N)cc(Cl)cc3[C@@H]2Oc2ccc(S(=O)N[C@H]3CCN(CCOCCNC(=O)NCCCCNC(=O)NCCOCCN4CC[C@H](NS(=O)(=O)c5ccc(O[C@H]6c7cc(Cl)cc(C#N)c7C[C@@H]6N6CCCN(C)CC6)cc5)C4)C3)cc2)CC1. The average molecular weight is 1360 g/mol. The molecule has 0 radical (unpaired) electrons. The molecule has 27 heteroatoms. The van der Waals surface area contributed by atoms with Crippen LogP contribution in [0.15, 0.2) is 82.6 Å². The van der Waals surface area contributed by atoms with E-state index in [4.69, 9.17) is 42.1 Å². The highest BCUT2D eigenvalue weighted by atomic mass is 35.5. The van der Waals surface area contributed by atoms with E-state index < -0.39 is 21.0 Å². The number of halogens is 2. The Bertz CT molecular complexity index is 3380. The number of benzene rings is 4. The van der Waals surface area contributed by atoms with Gasteiger partial charge in [-0.1, -0.05) is 23.2 Å². The third-order valence-electron chi connectivity index (χ3n) is 18.5. The summed E-state index contributed by atoms with van der Waals surface area (Å²) in [6, 6.07) is 25.2. The van der Waals surface area contributed by atoms with Gasteiger partial charge in [0.15, 0.2) is 0 Å². The molecule has 0 saturated carbocycles. The smallest absolute Gasteiger partial charge is 0.314 e. The number of rotatable bonds is 29. The number of nitrogens with one attached hydrogen (secondary N) is 6. The van der Waals surface area contributed by atoms with Gasteiger partial charge in [-0.05, 0) is 200 Å². The first-order chi connectivity index (χ1) is 45.1. The molecule has 4 aromatic rings. The molecule has 4 fully saturated rings. The van der Waals surface area contributed by atoms with E-state index in [-0.39, 0.29) is 53.3 Å². The Balaban J connectivity index is 0.522. The number of nitrogens with zero attached hydrogens (tertiary/aromatic N) is 8. The van der Waals surface area contributed by atoms with E-state index in [1.807, 2.05) is 36.4 Å². The summed E-state index contributed by atoms with van der Waals surface area (Å²) < 4.78 is 71.7. The third kappa shape index (κ3) is 19.7. The van der Waals surface area contributed by atoms with Crippen molar-refractivity contribution < 1.29 is 41.2 Å². The third-order valence-corrected chi connectivity index (χ3v) is 21.7. The van der Waals surface area contributed by atoms with Crippen molar-refractivity contribution in [3.63, 3.8) is 0 Å². The number of carbonyl (C=O) groups is 2. The lowest BCUT2D eigenvalue weighted by Crippen LogP contribution is -2.42. The molecule has 504 valence electrons. The van der Waals surface area contributed by atoms with Gasteiger partial charge in [0, 0.05) is 101 Å². The lowest BCUT2D eigenvalue weighted by Gasteiger charge is -2.32. The van der Waals surface area contributed by atoms with Crippen LogP contribution in [0.5, 0.6) is 11.5 Å². The molecule has 93 heavy (non-hydrogen) atoms. The standard InChI is InChI=1S/C66H90Cl2N14O9S2/c1-77-21-5-23-81(29-27-77)61-41-57-47(43-69)37-49(67)39-59(57)63(61)90-53-7-11-55(12-8-53)92(85)75-51-15-25-79(45-51)31-35-88-33-19-73-65(83)71-17-3-4-18-72-66(84)74-20-34-89-36-32-80-26-16-52(46-80)76-93(86,87)56-13-9-54(10-14-56)91-64-60-40-50(68)38-48(44-70)58(60)42-62(64)82-24-6-22-78(2)28-30-82/h7-14,37-40,51-52,61-64,75-76H,3-6,15-36,41-42,45-46H2,1-2H3,(H2,71,73,83)(H2,72,74,84)/t51-,52-,61-,62-,63-,64-,92?/m0/s1. The Morgan fingerprint density at radius 3 is 1.55 bits per heavy atom. The van der Waals surface area contributed by atoms with Crippen molar-refractivity contribution in [2.75, 3.05) is 158 Å². The molecular weight excluding hydrogens is 1270 g/mol. The zero-order valence-electron chi connectivity index (χ0n) is 53.4. The van der Waals surface area contributed by atoms with Gasteiger partial charge in [0.1, 0.15) is 34.7 Å². The van der Waals surface area contributed by atoms with Crippen LogP contribution < -0.4 is 40.2 Å². The topological polar surface area (TPSA) is 261 Å². The number of amides is 4. The summed E-state index contributed by atoms with van der Waals surface area (Å²) in [6.45, 7) is 15.1. The van der Waals surface area contributed by atoms with E-state index in [9.17, 15) is 32.7 Å². The number of hydrogen-bond acceptors (Lipinski definition) is 17. The van der Waals surface area contributed by atoms with Crippen molar-refractivity contribution in [2.45, 2.75) is 97.5 Å². The quantitative estimate of drug-likeness (QED) is 0.0379. The van der Waals surface area contributed by atoms with Crippen LogP contribution in [0.1, 0.15) is 84.1 Å². The second-order valence-corrected chi connectivity index (χ2v) is 28.9. The largest absolute Gasteiger partial charge is 0.484 e. The first-order valence-corrected chi connectivity index (χ1v) is 36.2. The molecule has 6 aliphatic rings. The molecular formula is C66H90Cl2N14O9S2. The zero-order chi connectivity index (χ0) is 65.3. The number of likely N-dealkylation sites (tertiary alicyclic amines) is 2. The molecule has 6 N–H and O–H groups in total. The summed E-state index contributed by atoms with van der Waals surface area (Å²) >= 11 is 13.0. The maximum absolute atomic E-state index is 13.5. The zero-order valence-corrected chi connectivity index (χ0v) is 56.6. The minimum Gasteiger partial charge on any atom is -0.484 e. The van der Waals surface area contributed by atoms with Crippen LogP contribution in [0.25, 0.3) is 0 Å². The minimum absolute atomic E-state index is 0.00403. The fourth-order valence-electron chi connectivity index (χ4n) is 13.5. The van der Waals surface area contributed by atoms with Gasteiger partial charge >= 0.3 is 12.1 Å². The summed E-state index contributed by atoms with van der Waals surface area (Å²) in [4.78, 5) is 39.5. The van der Waals surface area contributed by atoms with Crippen LogP contribution in [0.2, 0.25) is 10.0 Å². The second-order valence-electron chi connectivity index (χ2n) is 25.1. The van der Waals surface area contributed by atoms with Crippen LogP contribution in [0, 0.1) is 22.7 Å². The van der Waals surface area contributed by atoms with Gasteiger partial charge in [-0.3, -0.25) is 19.6 Å². The Kier molecular flexibility index (Phi) is 25.8. The van der Waals surface area contributed by atoms with Gasteiger partial charge < -0.3 is 50.0 Å². The Hall–Kier alpha value is -5.72. The maximum Gasteiger partial charge on any atom is 0.314 e. The van der Waals surface area contributed by atoms with Crippen molar-refractivity contribution in [3.05, 3.63) is 116 Å². The molecule has 0 bridgehead atoms. The van der Waals surface area contributed by atoms with Crippen LogP contribution in [-0.4, -0.2) is 237 Å². The lowest BCUT2D eigenvalue weighted by molar-refractivity contribution is 0.0804. The van der Waals surface area contributed by atoms with Gasteiger partial charge in [0.05, 0.1) is 71.6 Å². The van der Waals surface area contributed by atoms with Crippen molar-refractivity contribution >= 4 is 56.3 Å². The lowest BCUT2D eigenvalue weighted by atomic mass is 10.0. The van der Waals surface area contributed by atoms with Crippen molar-refractivity contribution in [2.24, 2.45) is 0 Å². The van der Waals surface area contributed by atoms with Gasteiger partial charge in [-0.25, -0.2) is 31.7 Å². The summed E-state index contributed by atoms with van der Waals surface area (Å²) in [5, 5.41) is 32.2. The number of unbranched alkanes of at least 4 members (excludes halogenated alkanes) is 1. The summed E-state index contributed by atoms with van der Waals surface area (Å²) in [6.07, 6.45) is 5.70. The van der Waals surface area contributed by atoms with E-state index in [1.165, 1.54) is 0 Å². The molecule has 1 unspecified atom stereocenters. The van der Waals surface area contributed by atoms with E-state index >= 15 is 0 Å². The van der Waals surface area contributed by atoms with E-state index in [0.29, 0.717) is 129 Å². The maximum atomic E-state index is 13.5. The van der Waals surface area contributed by atoms with Gasteiger partial charge in [0.25, 0.3) is 0 Å². The molecule has 2 aliphatic carbocycles. The van der Waals surface area contributed by atoms with Crippen LogP contribution >= 0.6 is 23.2 Å². The molecule has 0 spiro atoms. The summed E-state index contributed by atoms with van der Waals surface area (Å²) in [7, 11) is -0.936. The van der Waals surface area contributed by atoms with Crippen LogP contribution in [-0.2, 0) is 43.3 Å². The molecule has 10 rings (SSSR count). The summed E-state index contributed by atoms with van der Waals surface area (Å²) in [5.74, 6) is 1.21. The monoisotopic (exact) mass is 1360 g/mol. The molecule has 23 nitrogen and oxygen atoms in total. The molecule has 7 atom stereocenters. The highest BCUT2D eigenvalue weighted by Crippen LogP contribution is 2.43. The fourth-order valence-corrected chi connectivity index (χ4v) is 16.2. The number of urea groups is 2. The summed E-state index contributed by atoms with van der Waals surface area (Å²) in [5.41, 5.74) is 4.97. The normalized spacial score (nSPS) is 22.9. The first-order valence-electron chi connectivity index (χ1n) is 32.8. The van der Waals surface area contributed by atoms with Crippen LogP contribution in [0.3, 0.4) is 0 Å². The molecule has 4 saturated heterocycles. The molecule has 4 heterocycles. The minimum atomic E-state index is -3.81. The first kappa shape index (κ1) is 70.1.